The molecule has 0 spiro atoms. The van der Waals surface area contributed by atoms with Gasteiger partial charge in [-0.1, -0.05) is 23.7 Å². The fourth-order valence-electron chi connectivity index (χ4n) is 3.50. The number of nitrogens with one attached hydrogen (secondary N) is 1. The number of halogens is 1. The number of amides is 1. The van der Waals surface area contributed by atoms with Crippen LogP contribution in [0, 0.1) is 0 Å². The maximum absolute atomic E-state index is 10.7. The number of nitrogens with zero attached hydrogens (tertiary/aromatic N) is 4. The van der Waals surface area contributed by atoms with Crippen molar-refractivity contribution in [2.24, 2.45) is 0 Å². The maximum atomic E-state index is 10.7. The van der Waals surface area contributed by atoms with Crippen molar-refractivity contribution >= 4 is 28.7 Å². The summed E-state index contributed by atoms with van der Waals surface area (Å²) in [5.74, 6) is 0.885. The van der Waals surface area contributed by atoms with Gasteiger partial charge in [-0.3, -0.25) is 4.57 Å². The molecule has 28 heavy (non-hydrogen) atoms. The van der Waals surface area contributed by atoms with E-state index in [1.807, 2.05) is 28.8 Å². The number of benzene rings is 1. The van der Waals surface area contributed by atoms with Crippen LogP contribution in [-0.2, 0) is 0 Å². The molecule has 3 aromatic rings. The Kier molecular flexibility index (Phi) is 4.08. The number of para-hydroxylation sites is 2. The van der Waals surface area contributed by atoms with Gasteiger partial charge in [0.25, 0.3) is 0 Å². The third-order valence-corrected chi connectivity index (χ3v) is 5.54. The molecule has 2 fully saturated rings. The molecule has 2 aromatic heterocycles. The number of imidazole rings is 1. The van der Waals surface area contributed by atoms with Gasteiger partial charge in [0.15, 0.2) is 5.82 Å². The van der Waals surface area contributed by atoms with Gasteiger partial charge in [0.2, 0.25) is 0 Å². The van der Waals surface area contributed by atoms with Crippen molar-refractivity contribution in [3.05, 3.63) is 41.3 Å². The van der Waals surface area contributed by atoms with Gasteiger partial charge in [-0.25, -0.2) is 9.78 Å². The summed E-state index contributed by atoms with van der Waals surface area (Å²) >= 11 is 6.67. The fourth-order valence-corrected chi connectivity index (χ4v) is 3.83. The molecular weight excluding hydrogens is 382 g/mol. The summed E-state index contributed by atoms with van der Waals surface area (Å²) in [6.45, 7) is 0. The molecule has 2 heterocycles. The smallest absolute Gasteiger partial charge is 0.404 e. The first-order valence-electron chi connectivity index (χ1n) is 9.24. The summed E-state index contributed by atoms with van der Waals surface area (Å²) in [5, 5.41) is 11.8. The van der Waals surface area contributed by atoms with Crippen molar-refractivity contribution in [3.8, 4) is 11.8 Å². The molecule has 5 rings (SSSR count). The Labute approximate surface area is 165 Å². The minimum Gasteiger partial charge on any atom is -0.465 e. The van der Waals surface area contributed by atoms with Crippen molar-refractivity contribution < 1.29 is 14.6 Å². The first kappa shape index (κ1) is 17.2. The van der Waals surface area contributed by atoms with Crippen LogP contribution < -0.4 is 10.1 Å². The van der Waals surface area contributed by atoms with Crippen molar-refractivity contribution in [3.63, 3.8) is 0 Å². The van der Waals surface area contributed by atoms with E-state index in [9.17, 15) is 4.79 Å². The van der Waals surface area contributed by atoms with E-state index in [1.54, 1.807) is 6.33 Å². The lowest BCUT2D eigenvalue weighted by Crippen LogP contribution is -2.48. The SMILES string of the molecule is O=C(O)NC1CC(Oc2nc(C3CC3)c(Cl)c(-n3cnc4ccccc43)n2)C1. The van der Waals surface area contributed by atoms with E-state index in [0.29, 0.717) is 29.6 Å². The van der Waals surface area contributed by atoms with Gasteiger partial charge < -0.3 is 15.2 Å². The Balaban J connectivity index is 1.47. The average molecular weight is 400 g/mol. The van der Waals surface area contributed by atoms with E-state index < -0.39 is 6.09 Å². The van der Waals surface area contributed by atoms with Gasteiger partial charge in [0, 0.05) is 24.8 Å². The number of ether oxygens (including phenoxy) is 1. The van der Waals surface area contributed by atoms with Gasteiger partial charge in [0.05, 0.1) is 16.7 Å². The zero-order chi connectivity index (χ0) is 19.3. The number of carboxylic acid groups (broad SMARTS) is 1. The molecule has 8 nitrogen and oxygen atoms in total. The normalized spacial score (nSPS) is 21.3. The number of hydrogen-bond donors (Lipinski definition) is 2. The van der Waals surface area contributed by atoms with Gasteiger partial charge in [-0.05, 0) is 25.0 Å². The van der Waals surface area contributed by atoms with E-state index in [2.05, 4.69) is 20.3 Å². The lowest BCUT2D eigenvalue weighted by Gasteiger charge is -2.34. The van der Waals surface area contributed by atoms with Crippen molar-refractivity contribution in [1.82, 2.24) is 24.8 Å². The third kappa shape index (κ3) is 3.13. The van der Waals surface area contributed by atoms with Crippen molar-refractivity contribution in [2.45, 2.75) is 43.7 Å². The fraction of sp³-hybridized carbons (Fsp3) is 0.368. The minimum atomic E-state index is -1.02. The molecule has 0 atom stereocenters. The predicted molar refractivity (Wildman–Crippen MR) is 102 cm³/mol. The highest BCUT2D eigenvalue weighted by molar-refractivity contribution is 6.33. The second-order valence-electron chi connectivity index (χ2n) is 7.26. The van der Waals surface area contributed by atoms with Crippen LogP contribution in [0.25, 0.3) is 16.9 Å². The summed E-state index contributed by atoms with van der Waals surface area (Å²) in [7, 11) is 0. The monoisotopic (exact) mass is 399 g/mol. The standard InChI is InChI=1S/C19H18ClN5O3/c20-15-16(10-5-6-10)23-18(28-12-7-11(8-12)22-19(26)27)24-17(15)25-9-21-13-3-1-2-4-14(13)25/h1-4,9-12,22H,5-8H2,(H,26,27). The van der Waals surface area contributed by atoms with Crippen LogP contribution in [0.1, 0.15) is 37.3 Å². The third-order valence-electron chi connectivity index (χ3n) is 5.18. The number of carbonyl (C=O) groups is 1. The molecule has 0 aliphatic heterocycles. The summed E-state index contributed by atoms with van der Waals surface area (Å²) in [6.07, 6.45) is 3.87. The van der Waals surface area contributed by atoms with Crippen LogP contribution in [0.15, 0.2) is 30.6 Å². The molecule has 2 aliphatic rings. The summed E-state index contributed by atoms with van der Waals surface area (Å²) in [4.78, 5) is 24.3. The van der Waals surface area contributed by atoms with Crippen LogP contribution in [0.4, 0.5) is 4.79 Å². The molecule has 2 aliphatic carbocycles. The van der Waals surface area contributed by atoms with Crippen LogP contribution in [0.5, 0.6) is 6.01 Å². The van der Waals surface area contributed by atoms with E-state index >= 15 is 0 Å². The molecule has 1 amide bonds. The number of fused-ring (bicyclic) bond motifs is 1. The van der Waals surface area contributed by atoms with E-state index in [0.717, 1.165) is 29.6 Å². The van der Waals surface area contributed by atoms with Gasteiger partial charge in [-0.15, -0.1) is 0 Å². The first-order valence-corrected chi connectivity index (χ1v) is 9.62. The van der Waals surface area contributed by atoms with Crippen LogP contribution in [0.2, 0.25) is 5.02 Å². The highest BCUT2D eigenvalue weighted by atomic mass is 35.5. The Morgan fingerprint density at radius 1 is 1.25 bits per heavy atom. The maximum Gasteiger partial charge on any atom is 0.404 e. The summed E-state index contributed by atoms with van der Waals surface area (Å²) in [6, 6.07) is 7.96. The minimum absolute atomic E-state index is 0.0882. The van der Waals surface area contributed by atoms with Gasteiger partial charge in [-0.2, -0.15) is 9.97 Å². The lowest BCUT2D eigenvalue weighted by atomic mass is 9.89. The number of aromatic nitrogens is 4. The average Bonchev–Trinajstić information content (AvgIpc) is 3.40. The Bertz CT molecular complexity index is 1060. The molecule has 2 saturated carbocycles. The second kappa shape index (κ2) is 6.63. The number of rotatable bonds is 5. The molecule has 0 unspecified atom stereocenters. The van der Waals surface area contributed by atoms with Crippen molar-refractivity contribution in [1.29, 1.82) is 0 Å². The molecule has 1 aromatic carbocycles. The first-order chi connectivity index (χ1) is 13.6. The van der Waals surface area contributed by atoms with Crippen molar-refractivity contribution in [2.75, 3.05) is 0 Å². The lowest BCUT2D eigenvalue weighted by molar-refractivity contribution is 0.0746. The van der Waals surface area contributed by atoms with E-state index in [4.69, 9.17) is 21.4 Å². The quantitative estimate of drug-likeness (QED) is 0.680. The van der Waals surface area contributed by atoms with E-state index in [1.165, 1.54) is 0 Å². The topological polar surface area (TPSA) is 102 Å². The highest BCUT2D eigenvalue weighted by Crippen LogP contribution is 2.44. The van der Waals surface area contributed by atoms with E-state index in [-0.39, 0.29) is 18.2 Å². The Morgan fingerprint density at radius 2 is 2.04 bits per heavy atom. The van der Waals surface area contributed by atoms with Gasteiger partial charge in [0.1, 0.15) is 17.5 Å². The molecule has 0 saturated heterocycles. The Hall–Kier alpha value is -2.87. The molecule has 2 N–H and O–H groups in total. The molecule has 0 bridgehead atoms. The van der Waals surface area contributed by atoms with Crippen LogP contribution in [0.3, 0.4) is 0 Å². The molecule has 0 radical (unpaired) electrons. The Morgan fingerprint density at radius 3 is 2.79 bits per heavy atom. The highest BCUT2D eigenvalue weighted by Gasteiger charge is 2.35. The summed E-state index contributed by atoms with van der Waals surface area (Å²) in [5.41, 5.74) is 2.57. The second-order valence-corrected chi connectivity index (χ2v) is 7.64. The molecular formula is C19H18ClN5O3. The summed E-state index contributed by atoms with van der Waals surface area (Å²) < 4.78 is 7.79. The number of hydrogen-bond acceptors (Lipinski definition) is 5. The van der Waals surface area contributed by atoms with Gasteiger partial charge >= 0.3 is 12.1 Å². The van der Waals surface area contributed by atoms with Crippen LogP contribution >= 0.6 is 11.6 Å². The largest absolute Gasteiger partial charge is 0.465 e. The molecule has 9 heteroatoms. The zero-order valence-electron chi connectivity index (χ0n) is 14.9. The zero-order valence-corrected chi connectivity index (χ0v) is 15.6. The molecule has 144 valence electrons. The predicted octanol–water partition coefficient (Wildman–Crippen LogP) is 3.52. The van der Waals surface area contributed by atoms with Crippen LogP contribution in [-0.4, -0.2) is 42.9 Å².